The van der Waals surface area contributed by atoms with Gasteiger partial charge in [0.15, 0.2) is 0 Å². The summed E-state index contributed by atoms with van der Waals surface area (Å²) in [6, 6.07) is 23.7. The average molecular weight is 425 g/mol. The molecule has 0 spiro atoms. The van der Waals surface area contributed by atoms with Crippen molar-refractivity contribution in [2.75, 3.05) is 0 Å². The zero-order valence-corrected chi connectivity index (χ0v) is 17.4. The van der Waals surface area contributed by atoms with Crippen molar-refractivity contribution in [2.24, 2.45) is 5.92 Å². The minimum atomic E-state index is -4.30. The van der Waals surface area contributed by atoms with Gasteiger partial charge in [0.05, 0.1) is 5.56 Å². The Morgan fingerprint density at radius 1 is 0.677 bits per heavy atom. The van der Waals surface area contributed by atoms with Crippen LogP contribution in [-0.2, 0) is 30.2 Å². The van der Waals surface area contributed by atoms with Crippen LogP contribution in [0.4, 0.5) is 13.2 Å². The van der Waals surface area contributed by atoms with Gasteiger partial charge in [-0.2, -0.15) is 13.2 Å². The average Bonchev–Trinajstić information content (AvgIpc) is 2.77. The highest BCUT2D eigenvalue weighted by molar-refractivity contribution is 5.53. The van der Waals surface area contributed by atoms with Gasteiger partial charge in [0.25, 0.3) is 0 Å². The lowest BCUT2D eigenvalue weighted by Crippen LogP contribution is -2.05. The molecule has 3 aromatic rings. The Morgan fingerprint density at radius 2 is 1.23 bits per heavy atom. The first-order chi connectivity index (χ1) is 14.9. The minimum absolute atomic E-state index is 0.0653. The molecule has 0 saturated heterocycles. The van der Waals surface area contributed by atoms with Crippen LogP contribution in [0.3, 0.4) is 0 Å². The molecule has 0 bridgehead atoms. The first-order valence-corrected chi connectivity index (χ1v) is 10.7. The van der Waals surface area contributed by atoms with E-state index in [1.165, 1.54) is 23.3 Å². The van der Waals surface area contributed by atoms with Crippen LogP contribution in [0.15, 0.2) is 78.9 Å². The molecule has 1 atom stereocenters. The number of halogens is 3. The lowest BCUT2D eigenvalue weighted by atomic mass is 9.94. The normalized spacial score (nSPS) is 12.5. The van der Waals surface area contributed by atoms with Gasteiger partial charge in [0, 0.05) is 5.92 Å². The third-order valence-corrected chi connectivity index (χ3v) is 5.59. The largest absolute Gasteiger partial charge is 0.416 e. The number of aryl methyl sites for hydroxylation is 2. The second kappa shape index (κ2) is 10.9. The summed E-state index contributed by atoms with van der Waals surface area (Å²) in [6.07, 6.45) is 1.92. The van der Waals surface area contributed by atoms with Gasteiger partial charge in [-0.1, -0.05) is 66.7 Å². The highest BCUT2D eigenvalue weighted by Crippen LogP contribution is 2.29. The van der Waals surface area contributed by atoms with Crippen LogP contribution in [-0.4, -0.2) is 6.29 Å². The predicted molar refractivity (Wildman–Crippen MR) is 118 cm³/mol. The van der Waals surface area contributed by atoms with E-state index >= 15 is 0 Å². The summed E-state index contributed by atoms with van der Waals surface area (Å²) in [4.78, 5) is 11.4. The Hall–Kier alpha value is -2.88. The van der Waals surface area contributed by atoms with Crippen LogP contribution in [0.25, 0.3) is 0 Å². The zero-order chi connectivity index (χ0) is 22.1. The van der Waals surface area contributed by atoms with Crippen molar-refractivity contribution < 1.29 is 18.0 Å². The van der Waals surface area contributed by atoms with E-state index in [1.54, 1.807) is 0 Å². The molecule has 4 heteroatoms. The molecule has 0 aliphatic carbocycles. The Kier molecular flexibility index (Phi) is 8.05. The van der Waals surface area contributed by atoms with E-state index in [0.717, 1.165) is 61.6 Å². The quantitative estimate of drug-likeness (QED) is 0.318. The molecule has 0 radical (unpaired) electrons. The van der Waals surface area contributed by atoms with Gasteiger partial charge in [0.1, 0.15) is 6.29 Å². The summed E-state index contributed by atoms with van der Waals surface area (Å²) >= 11 is 0. The number of carbonyl (C=O) groups is 1. The standard InChI is InChI=1S/C27H27F3O/c28-27(29,30)26-17-15-24(16-18-26)19-23-12-9-22(10-13-23)11-14-25(20-31)8-4-7-21-5-2-1-3-6-21/h1-3,5-6,9-10,12-13,15-18,20,25H,4,7-8,11,14,19H2. The molecular weight excluding hydrogens is 397 g/mol. The van der Waals surface area contributed by atoms with Gasteiger partial charge in [-0.05, 0) is 72.9 Å². The topological polar surface area (TPSA) is 17.1 Å². The number of rotatable bonds is 10. The fraction of sp³-hybridized carbons (Fsp3) is 0.296. The van der Waals surface area contributed by atoms with Crippen molar-refractivity contribution >= 4 is 6.29 Å². The maximum absolute atomic E-state index is 12.7. The molecule has 162 valence electrons. The van der Waals surface area contributed by atoms with E-state index in [0.29, 0.717) is 6.42 Å². The highest BCUT2D eigenvalue weighted by atomic mass is 19.4. The third-order valence-electron chi connectivity index (χ3n) is 5.59. The minimum Gasteiger partial charge on any atom is -0.303 e. The summed E-state index contributed by atoms with van der Waals surface area (Å²) < 4.78 is 38.0. The fourth-order valence-corrected chi connectivity index (χ4v) is 3.72. The number of carbonyl (C=O) groups excluding carboxylic acids is 1. The van der Waals surface area contributed by atoms with E-state index in [2.05, 4.69) is 12.1 Å². The maximum atomic E-state index is 12.7. The Balaban J connectivity index is 1.45. The molecule has 0 saturated carbocycles. The van der Waals surface area contributed by atoms with Gasteiger partial charge in [-0.15, -0.1) is 0 Å². The molecule has 1 nitrogen and oxygen atoms in total. The van der Waals surface area contributed by atoms with E-state index in [-0.39, 0.29) is 5.92 Å². The molecule has 1 unspecified atom stereocenters. The van der Waals surface area contributed by atoms with Crippen molar-refractivity contribution in [1.29, 1.82) is 0 Å². The zero-order valence-electron chi connectivity index (χ0n) is 17.4. The van der Waals surface area contributed by atoms with Crippen molar-refractivity contribution in [2.45, 2.75) is 44.7 Å². The second-order valence-corrected chi connectivity index (χ2v) is 8.00. The van der Waals surface area contributed by atoms with Crippen molar-refractivity contribution in [1.82, 2.24) is 0 Å². The Bertz CT molecular complexity index is 929. The number of benzene rings is 3. The molecule has 31 heavy (non-hydrogen) atoms. The van der Waals surface area contributed by atoms with E-state index in [1.807, 2.05) is 42.5 Å². The maximum Gasteiger partial charge on any atom is 0.416 e. The molecule has 3 rings (SSSR count). The van der Waals surface area contributed by atoms with Crippen LogP contribution in [0, 0.1) is 5.92 Å². The van der Waals surface area contributed by atoms with E-state index < -0.39 is 11.7 Å². The summed E-state index contributed by atoms with van der Waals surface area (Å²) in [6.45, 7) is 0. The summed E-state index contributed by atoms with van der Waals surface area (Å²) in [5, 5.41) is 0. The summed E-state index contributed by atoms with van der Waals surface area (Å²) in [5.41, 5.74) is 3.75. The van der Waals surface area contributed by atoms with Crippen molar-refractivity contribution in [3.05, 3.63) is 107 Å². The van der Waals surface area contributed by atoms with Gasteiger partial charge in [-0.3, -0.25) is 0 Å². The molecule has 0 amide bonds. The molecule has 0 fully saturated rings. The number of hydrogen-bond donors (Lipinski definition) is 0. The van der Waals surface area contributed by atoms with Crippen LogP contribution < -0.4 is 0 Å². The van der Waals surface area contributed by atoms with Gasteiger partial charge < -0.3 is 4.79 Å². The molecule has 0 aliphatic heterocycles. The monoisotopic (exact) mass is 424 g/mol. The van der Waals surface area contributed by atoms with Crippen LogP contribution in [0.2, 0.25) is 0 Å². The van der Waals surface area contributed by atoms with Gasteiger partial charge in [0.2, 0.25) is 0 Å². The number of hydrogen-bond acceptors (Lipinski definition) is 1. The third kappa shape index (κ3) is 7.39. The summed E-state index contributed by atoms with van der Waals surface area (Å²) in [5.74, 6) is 0.0653. The Labute approximate surface area is 181 Å². The molecule has 0 heterocycles. The first kappa shape index (κ1) is 22.8. The van der Waals surface area contributed by atoms with Crippen LogP contribution >= 0.6 is 0 Å². The number of alkyl halides is 3. The highest BCUT2D eigenvalue weighted by Gasteiger charge is 2.29. The lowest BCUT2D eigenvalue weighted by Gasteiger charge is -2.11. The van der Waals surface area contributed by atoms with Crippen molar-refractivity contribution in [3.8, 4) is 0 Å². The van der Waals surface area contributed by atoms with Gasteiger partial charge >= 0.3 is 6.18 Å². The molecule has 0 aromatic heterocycles. The van der Waals surface area contributed by atoms with Gasteiger partial charge in [-0.25, -0.2) is 0 Å². The smallest absolute Gasteiger partial charge is 0.303 e. The van der Waals surface area contributed by atoms with E-state index in [4.69, 9.17) is 0 Å². The first-order valence-electron chi connectivity index (χ1n) is 10.7. The lowest BCUT2D eigenvalue weighted by molar-refractivity contribution is -0.137. The van der Waals surface area contributed by atoms with Crippen LogP contribution in [0.5, 0.6) is 0 Å². The molecule has 0 aliphatic rings. The predicted octanol–water partition coefficient (Wildman–Crippen LogP) is 7.07. The molecule has 0 N–H and O–H groups in total. The second-order valence-electron chi connectivity index (χ2n) is 8.00. The van der Waals surface area contributed by atoms with E-state index in [9.17, 15) is 18.0 Å². The van der Waals surface area contributed by atoms with Crippen LogP contribution in [0.1, 0.15) is 47.1 Å². The number of aldehydes is 1. The van der Waals surface area contributed by atoms with Crippen molar-refractivity contribution in [3.63, 3.8) is 0 Å². The molecule has 3 aromatic carbocycles. The fourth-order valence-electron chi connectivity index (χ4n) is 3.72. The SMILES string of the molecule is O=CC(CCCc1ccccc1)CCc1ccc(Cc2ccc(C(F)(F)F)cc2)cc1. The molecular formula is C27H27F3O. The Morgan fingerprint density at radius 3 is 1.81 bits per heavy atom. The summed E-state index contributed by atoms with van der Waals surface area (Å²) in [7, 11) is 0.